The third-order valence-corrected chi connectivity index (χ3v) is 5.99. The number of nitrogens with one attached hydrogen (secondary N) is 1. The molecule has 1 amide bonds. The Morgan fingerprint density at radius 2 is 1.96 bits per heavy atom. The topological polar surface area (TPSA) is 75.1 Å². The van der Waals surface area contributed by atoms with Gasteiger partial charge in [0, 0.05) is 15.1 Å². The summed E-state index contributed by atoms with van der Waals surface area (Å²) in [7, 11) is 0. The van der Waals surface area contributed by atoms with E-state index in [9.17, 15) is 9.90 Å². The highest BCUT2D eigenvalue weighted by atomic mass is 32.1. The minimum absolute atomic E-state index is 0.131. The molecule has 1 atom stereocenters. The molecule has 4 rings (SSSR count). The number of carbonyl (C=O) groups excluding carboxylic acids is 1. The van der Waals surface area contributed by atoms with Gasteiger partial charge in [-0.15, -0.1) is 11.3 Å². The molecule has 0 aliphatic heterocycles. The maximum Gasteiger partial charge on any atom is 0.251 e. The first-order valence-corrected chi connectivity index (χ1v) is 9.29. The fourth-order valence-corrected chi connectivity index (χ4v) is 4.24. The number of aliphatic hydroxyl groups is 1. The first kappa shape index (κ1) is 16.1. The monoisotopic (exact) mass is 369 g/mol. The molecular weight excluding hydrogens is 354 g/mol. The molecule has 5 nitrogen and oxygen atoms in total. The fraction of sp³-hybridized carbons (Fsp3) is 0.167. The largest absolute Gasteiger partial charge is 0.383 e. The van der Waals surface area contributed by atoms with Crippen molar-refractivity contribution >= 4 is 50.1 Å². The Bertz CT molecular complexity index is 1040. The molecule has 2 N–H and O–H groups in total. The van der Waals surface area contributed by atoms with Crippen molar-refractivity contribution in [2.75, 3.05) is 6.54 Å². The number of thiophene rings is 1. The van der Waals surface area contributed by atoms with E-state index in [1.54, 1.807) is 25.1 Å². The van der Waals surface area contributed by atoms with E-state index in [2.05, 4.69) is 14.1 Å². The Labute approximate surface area is 152 Å². The Morgan fingerprint density at radius 1 is 1.16 bits per heavy atom. The number of carbonyl (C=O) groups is 1. The molecule has 0 saturated heterocycles. The Hall–Kier alpha value is -2.35. The zero-order valence-corrected chi connectivity index (χ0v) is 15.0. The predicted molar refractivity (Wildman–Crippen MR) is 101 cm³/mol. The fourth-order valence-electron chi connectivity index (χ4n) is 2.61. The van der Waals surface area contributed by atoms with Crippen molar-refractivity contribution < 1.29 is 9.90 Å². The summed E-state index contributed by atoms with van der Waals surface area (Å²) in [5, 5.41) is 14.7. The van der Waals surface area contributed by atoms with Crippen molar-refractivity contribution in [1.29, 1.82) is 0 Å². The lowest BCUT2D eigenvalue weighted by molar-refractivity contribution is 0.0557. The van der Waals surface area contributed by atoms with Crippen LogP contribution in [-0.2, 0) is 5.60 Å². The molecule has 0 unspecified atom stereocenters. The lowest BCUT2D eigenvalue weighted by Crippen LogP contribution is -2.38. The molecule has 0 saturated carbocycles. The molecule has 0 aliphatic rings. The summed E-state index contributed by atoms with van der Waals surface area (Å²) in [6.07, 6.45) is 0. The van der Waals surface area contributed by atoms with Gasteiger partial charge in [0.15, 0.2) is 0 Å². The maximum absolute atomic E-state index is 12.4. The van der Waals surface area contributed by atoms with Crippen LogP contribution in [0.3, 0.4) is 0 Å². The van der Waals surface area contributed by atoms with Gasteiger partial charge in [-0.3, -0.25) is 4.79 Å². The molecule has 4 aromatic rings. The zero-order valence-electron chi connectivity index (χ0n) is 13.4. The Kier molecular flexibility index (Phi) is 3.99. The Balaban J connectivity index is 1.51. The van der Waals surface area contributed by atoms with Gasteiger partial charge in [0.1, 0.15) is 16.6 Å². The van der Waals surface area contributed by atoms with Gasteiger partial charge in [-0.1, -0.05) is 18.2 Å². The molecule has 25 heavy (non-hydrogen) atoms. The van der Waals surface area contributed by atoms with E-state index < -0.39 is 5.60 Å². The van der Waals surface area contributed by atoms with Crippen LogP contribution in [0.15, 0.2) is 48.5 Å². The van der Waals surface area contributed by atoms with Crippen LogP contribution in [0.1, 0.15) is 22.2 Å². The number of hydrogen-bond donors (Lipinski definition) is 2. The molecule has 2 aromatic carbocycles. The smallest absolute Gasteiger partial charge is 0.251 e. The van der Waals surface area contributed by atoms with Gasteiger partial charge < -0.3 is 10.4 Å². The van der Waals surface area contributed by atoms with E-state index in [1.165, 1.54) is 11.3 Å². The lowest BCUT2D eigenvalue weighted by atomic mass is 10.0. The summed E-state index contributed by atoms with van der Waals surface area (Å²) >= 11 is 2.66. The lowest BCUT2D eigenvalue weighted by Gasteiger charge is -2.22. The second-order valence-electron chi connectivity index (χ2n) is 6.07. The number of hydrogen-bond acceptors (Lipinski definition) is 6. The average molecular weight is 369 g/mol. The van der Waals surface area contributed by atoms with Crippen molar-refractivity contribution in [2.45, 2.75) is 12.5 Å². The van der Waals surface area contributed by atoms with Crippen LogP contribution >= 0.6 is 23.1 Å². The maximum atomic E-state index is 12.4. The normalized spacial score (nSPS) is 13.8. The number of fused-ring (bicyclic) bond motifs is 2. The number of benzene rings is 2. The van der Waals surface area contributed by atoms with Crippen molar-refractivity contribution in [2.24, 2.45) is 0 Å². The minimum atomic E-state index is -1.13. The van der Waals surface area contributed by atoms with E-state index in [4.69, 9.17) is 0 Å². The number of nitrogens with zero attached hydrogens (tertiary/aromatic N) is 2. The summed E-state index contributed by atoms with van der Waals surface area (Å²) in [5.41, 5.74) is 0.853. The van der Waals surface area contributed by atoms with Gasteiger partial charge in [0.05, 0.1) is 18.3 Å². The van der Waals surface area contributed by atoms with Crippen molar-refractivity contribution in [3.63, 3.8) is 0 Å². The third-order valence-electron chi connectivity index (χ3n) is 4.07. The molecule has 7 heteroatoms. The average Bonchev–Trinajstić information content (AvgIpc) is 3.25. The van der Waals surface area contributed by atoms with Gasteiger partial charge >= 0.3 is 0 Å². The predicted octanol–water partition coefficient (Wildman–Crippen LogP) is 3.54. The first-order chi connectivity index (χ1) is 12.0. The summed E-state index contributed by atoms with van der Waals surface area (Å²) in [6.45, 7) is 1.84. The zero-order chi connectivity index (χ0) is 17.4. The second-order valence-corrected chi connectivity index (χ2v) is 7.68. The van der Waals surface area contributed by atoms with Crippen molar-refractivity contribution in [3.8, 4) is 0 Å². The molecule has 0 radical (unpaired) electrons. The molecular formula is C18H15N3O2S2. The molecule has 0 bridgehead atoms. The second kappa shape index (κ2) is 6.18. The standard InChI is InChI=1S/C18H15N3O2S2/c1-18(23,16-9-11-4-2-3-5-15(11)24-16)10-19-17(22)12-6-7-13-14(8-12)21-25-20-13/h2-9,23H,10H2,1H3,(H,19,22)/t18-/m1/s1. The van der Waals surface area contributed by atoms with Crippen LogP contribution in [0.5, 0.6) is 0 Å². The third kappa shape index (κ3) is 3.13. The van der Waals surface area contributed by atoms with Crippen LogP contribution in [0, 0.1) is 0 Å². The molecule has 2 aromatic heterocycles. The van der Waals surface area contributed by atoms with Gasteiger partial charge in [-0.2, -0.15) is 8.75 Å². The van der Waals surface area contributed by atoms with Gasteiger partial charge in [0.25, 0.3) is 5.91 Å². The summed E-state index contributed by atoms with van der Waals surface area (Å²) in [6, 6.07) is 15.2. The summed E-state index contributed by atoms with van der Waals surface area (Å²) in [5.74, 6) is -0.240. The number of rotatable bonds is 4. The minimum Gasteiger partial charge on any atom is -0.383 e. The van der Waals surface area contributed by atoms with Crippen molar-refractivity contribution in [3.05, 3.63) is 59.0 Å². The number of aromatic nitrogens is 2. The summed E-state index contributed by atoms with van der Waals surface area (Å²) in [4.78, 5) is 13.2. The quantitative estimate of drug-likeness (QED) is 0.577. The highest BCUT2D eigenvalue weighted by molar-refractivity contribution is 7.19. The SMILES string of the molecule is C[C@@](O)(CNC(=O)c1ccc2nsnc2c1)c1cc2ccccc2s1. The van der Waals surface area contributed by atoms with Crippen LogP contribution in [-0.4, -0.2) is 26.3 Å². The van der Waals surface area contributed by atoms with E-state index in [0.29, 0.717) is 11.1 Å². The van der Waals surface area contributed by atoms with Gasteiger partial charge in [-0.25, -0.2) is 0 Å². The highest BCUT2D eigenvalue weighted by Crippen LogP contribution is 2.32. The number of amides is 1. The van der Waals surface area contributed by atoms with E-state index in [-0.39, 0.29) is 12.5 Å². The molecule has 0 spiro atoms. The van der Waals surface area contributed by atoms with Crippen molar-refractivity contribution in [1.82, 2.24) is 14.1 Å². The van der Waals surface area contributed by atoms with Gasteiger partial charge in [-0.05, 0) is 42.6 Å². The van der Waals surface area contributed by atoms with Crippen LogP contribution in [0.2, 0.25) is 0 Å². The van der Waals surface area contributed by atoms with E-state index >= 15 is 0 Å². The molecule has 0 fully saturated rings. The van der Waals surface area contributed by atoms with Crippen LogP contribution < -0.4 is 5.32 Å². The van der Waals surface area contributed by atoms with E-state index in [1.807, 2.05) is 30.3 Å². The molecule has 2 heterocycles. The van der Waals surface area contributed by atoms with Crippen LogP contribution in [0.4, 0.5) is 0 Å². The molecule has 126 valence electrons. The van der Waals surface area contributed by atoms with Crippen LogP contribution in [0.25, 0.3) is 21.1 Å². The highest BCUT2D eigenvalue weighted by Gasteiger charge is 2.26. The first-order valence-electron chi connectivity index (χ1n) is 7.75. The Morgan fingerprint density at radius 3 is 2.80 bits per heavy atom. The molecule has 0 aliphatic carbocycles. The van der Waals surface area contributed by atoms with Gasteiger partial charge in [0.2, 0.25) is 0 Å². The summed E-state index contributed by atoms with van der Waals surface area (Å²) < 4.78 is 9.39. The van der Waals surface area contributed by atoms with E-state index in [0.717, 1.165) is 32.2 Å².